The van der Waals surface area contributed by atoms with Gasteiger partial charge in [0.25, 0.3) is 0 Å². The van der Waals surface area contributed by atoms with E-state index >= 15 is 0 Å². The van der Waals surface area contributed by atoms with E-state index in [0.717, 1.165) is 4.90 Å². The first-order valence-corrected chi connectivity index (χ1v) is 12.1. The number of likely N-dealkylation sites (tertiary alicyclic amines) is 1. The molecule has 0 bridgehead atoms. The lowest BCUT2D eigenvalue weighted by molar-refractivity contribution is 0.0223. The minimum absolute atomic E-state index is 0.176. The van der Waals surface area contributed by atoms with Crippen LogP contribution in [0.25, 0.3) is 10.4 Å². The minimum atomic E-state index is -0.889. The van der Waals surface area contributed by atoms with Crippen molar-refractivity contribution in [1.29, 1.82) is 0 Å². The maximum atomic E-state index is 12.9. The Morgan fingerprint density at radius 1 is 1.00 bits per heavy atom. The van der Waals surface area contributed by atoms with Gasteiger partial charge >= 0.3 is 18.3 Å². The summed E-state index contributed by atoms with van der Waals surface area (Å²) in [6.45, 7) is 15.8. The number of aromatic nitrogens is 1. The molecule has 0 aromatic carbocycles. The molecule has 2 heterocycles. The molecule has 1 aromatic heterocycles. The van der Waals surface area contributed by atoms with Crippen molar-refractivity contribution in [2.24, 2.45) is 5.11 Å². The molecule has 204 valence electrons. The Labute approximate surface area is 217 Å². The molecule has 1 aromatic rings. The van der Waals surface area contributed by atoms with Gasteiger partial charge in [0.2, 0.25) is 0 Å². The van der Waals surface area contributed by atoms with Crippen molar-refractivity contribution in [3.63, 3.8) is 0 Å². The number of carbonyl (C=O) groups is 3. The second kappa shape index (κ2) is 11.2. The lowest BCUT2D eigenvalue weighted by atomic mass is 10.1. The fourth-order valence-corrected chi connectivity index (χ4v) is 3.60. The molecule has 0 unspecified atom stereocenters. The fourth-order valence-electron chi connectivity index (χ4n) is 3.60. The van der Waals surface area contributed by atoms with Gasteiger partial charge in [0.05, 0.1) is 17.9 Å². The number of imide groups is 1. The largest absolute Gasteiger partial charge is 0.444 e. The highest BCUT2D eigenvalue weighted by atomic mass is 16.6. The Kier molecular flexibility index (Phi) is 9.03. The topological polar surface area (TPSA) is 147 Å². The average Bonchev–Trinajstić information content (AvgIpc) is 3.08. The number of hydrogen-bond donors (Lipinski definition) is 0. The fraction of sp³-hybridized carbons (Fsp3) is 0.680. The van der Waals surface area contributed by atoms with E-state index < -0.39 is 35.1 Å². The van der Waals surface area contributed by atoms with Gasteiger partial charge in [0.15, 0.2) is 0 Å². The maximum Gasteiger partial charge on any atom is 0.424 e. The predicted molar refractivity (Wildman–Crippen MR) is 137 cm³/mol. The number of azide groups is 1. The number of hydrogen-bond acceptors (Lipinski definition) is 8. The molecule has 0 N–H and O–H groups in total. The van der Waals surface area contributed by atoms with Crippen LogP contribution in [0.5, 0.6) is 0 Å². The highest BCUT2D eigenvalue weighted by molar-refractivity contribution is 6.09. The quantitative estimate of drug-likeness (QED) is 0.206. The maximum absolute atomic E-state index is 12.9. The molecule has 2 atom stereocenters. The summed E-state index contributed by atoms with van der Waals surface area (Å²) in [5.74, 6) is 0. The summed E-state index contributed by atoms with van der Waals surface area (Å²) in [5.41, 5.74) is 7.30. The monoisotopic (exact) mass is 518 g/mol. The molecule has 0 spiro atoms. The molecule has 1 aliphatic rings. The van der Waals surface area contributed by atoms with Crippen LogP contribution in [0, 0.1) is 0 Å². The van der Waals surface area contributed by atoms with Crippen LogP contribution in [0.15, 0.2) is 23.4 Å². The van der Waals surface area contributed by atoms with Crippen molar-refractivity contribution < 1.29 is 28.6 Å². The minimum Gasteiger partial charge on any atom is -0.444 e. The van der Waals surface area contributed by atoms with Gasteiger partial charge in [0.1, 0.15) is 16.8 Å². The van der Waals surface area contributed by atoms with Crippen molar-refractivity contribution in [2.45, 2.75) is 104 Å². The van der Waals surface area contributed by atoms with Gasteiger partial charge in [-0.1, -0.05) is 5.11 Å². The van der Waals surface area contributed by atoms with Crippen molar-refractivity contribution in [1.82, 2.24) is 9.88 Å². The number of ether oxygens (including phenoxy) is 3. The molecule has 1 aliphatic heterocycles. The second-order valence-electron chi connectivity index (χ2n) is 11.9. The van der Waals surface area contributed by atoms with E-state index in [-0.39, 0.29) is 24.3 Å². The van der Waals surface area contributed by atoms with E-state index in [1.54, 1.807) is 79.3 Å². The Bertz CT molecular complexity index is 1000. The van der Waals surface area contributed by atoms with Crippen LogP contribution < -0.4 is 4.90 Å². The number of rotatable bonds is 4. The molecule has 1 fully saturated rings. The van der Waals surface area contributed by atoms with E-state index in [1.165, 1.54) is 6.20 Å². The normalized spacial score (nSPS) is 18.0. The lowest BCUT2D eigenvalue weighted by Gasteiger charge is -2.29. The van der Waals surface area contributed by atoms with Crippen LogP contribution in [0.3, 0.4) is 0 Å². The van der Waals surface area contributed by atoms with Crippen molar-refractivity contribution in [2.75, 3.05) is 11.4 Å². The van der Waals surface area contributed by atoms with Gasteiger partial charge in [-0.25, -0.2) is 14.4 Å². The van der Waals surface area contributed by atoms with Gasteiger partial charge in [-0.3, -0.25) is 4.98 Å². The van der Waals surface area contributed by atoms with Crippen LogP contribution >= 0.6 is 0 Å². The van der Waals surface area contributed by atoms with E-state index in [4.69, 9.17) is 19.7 Å². The molecule has 3 amide bonds. The molecule has 1 saturated heterocycles. The van der Waals surface area contributed by atoms with Crippen LogP contribution in [-0.2, 0) is 20.6 Å². The van der Waals surface area contributed by atoms with E-state index in [2.05, 4.69) is 15.0 Å². The molecular weight excluding hydrogens is 480 g/mol. The third kappa shape index (κ3) is 9.45. The van der Waals surface area contributed by atoms with E-state index in [9.17, 15) is 14.4 Å². The van der Waals surface area contributed by atoms with Crippen molar-refractivity contribution >= 4 is 24.0 Å². The first kappa shape index (κ1) is 29.7. The Balaban J connectivity index is 2.28. The Morgan fingerprint density at radius 2 is 1.54 bits per heavy atom. The zero-order chi connectivity index (χ0) is 28.2. The summed E-state index contributed by atoms with van der Waals surface area (Å²) in [6.07, 6.45) is -0.0858. The SMILES string of the molecule is CC(C)(C)OC(=O)N(C(=O)OC(C)(C)C)c1ccc(C[C@@H]2C[C@H](N=[N+]=[N-])CN2C(=O)OC(C)(C)C)nc1. The van der Waals surface area contributed by atoms with Gasteiger partial charge < -0.3 is 19.1 Å². The van der Waals surface area contributed by atoms with Crippen molar-refractivity contribution in [3.8, 4) is 0 Å². The molecule has 2 rings (SSSR count). The summed E-state index contributed by atoms with van der Waals surface area (Å²) >= 11 is 0. The highest BCUT2D eigenvalue weighted by Gasteiger charge is 2.38. The third-order valence-electron chi connectivity index (χ3n) is 4.90. The summed E-state index contributed by atoms with van der Waals surface area (Å²) < 4.78 is 16.3. The number of amides is 3. The first-order valence-electron chi connectivity index (χ1n) is 12.1. The van der Waals surface area contributed by atoms with Crippen LogP contribution in [-0.4, -0.2) is 63.6 Å². The summed E-state index contributed by atoms with van der Waals surface area (Å²) in [4.78, 5) is 48.1. The zero-order valence-corrected chi connectivity index (χ0v) is 23.1. The summed E-state index contributed by atoms with van der Waals surface area (Å²) in [6, 6.07) is 2.53. The average molecular weight is 519 g/mol. The number of carbonyl (C=O) groups excluding carboxylic acids is 3. The van der Waals surface area contributed by atoms with E-state index in [1.807, 2.05) is 0 Å². The van der Waals surface area contributed by atoms with E-state index in [0.29, 0.717) is 18.5 Å². The Hall–Kier alpha value is -3.53. The molecule has 12 nitrogen and oxygen atoms in total. The van der Waals surface area contributed by atoms with Gasteiger partial charge in [-0.15, -0.1) is 0 Å². The Morgan fingerprint density at radius 3 is 1.97 bits per heavy atom. The van der Waals surface area contributed by atoms with Crippen LogP contribution in [0.2, 0.25) is 0 Å². The number of anilines is 1. The summed E-state index contributed by atoms with van der Waals surface area (Å²) in [5, 5.41) is 3.78. The predicted octanol–water partition coefficient (Wildman–Crippen LogP) is 5.99. The first-order chi connectivity index (χ1) is 16.9. The molecule has 0 saturated carbocycles. The van der Waals surface area contributed by atoms with Gasteiger partial charge in [-0.05, 0) is 86.4 Å². The van der Waals surface area contributed by atoms with Crippen LogP contribution in [0.1, 0.15) is 74.4 Å². The van der Waals surface area contributed by atoms with Crippen molar-refractivity contribution in [3.05, 3.63) is 34.5 Å². The molecule has 0 aliphatic carbocycles. The number of pyridine rings is 1. The molecule has 12 heteroatoms. The standard InChI is InChI=1S/C25H38N6O6/c1-23(2,3)35-20(32)30-15-17(28-29-26)13-19(30)12-16-10-11-18(14-27-16)31(21(33)36-24(4,5)6)22(34)37-25(7,8)9/h10-11,14,17,19H,12-13,15H2,1-9H3/t17-,19+/m0/s1. The summed E-state index contributed by atoms with van der Waals surface area (Å²) in [7, 11) is 0. The third-order valence-corrected chi connectivity index (χ3v) is 4.90. The van der Waals surface area contributed by atoms with Gasteiger partial charge in [0, 0.05) is 29.6 Å². The molecule has 37 heavy (non-hydrogen) atoms. The highest BCUT2D eigenvalue weighted by Crippen LogP contribution is 2.27. The zero-order valence-electron chi connectivity index (χ0n) is 23.1. The molecule has 0 radical (unpaired) electrons. The lowest BCUT2D eigenvalue weighted by Crippen LogP contribution is -2.44. The smallest absolute Gasteiger partial charge is 0.424 e. The molecular formula is C25H38N6O6. The number of nitrogens with zero attached hydrogens (tertiary/aromatic N) is 6. The van der Waals surface area contributed by atoms with Gasteiger partial charge in [-0.2, -0.15) is 4.90 Å². The second-order valence-corrected chi connectivity index (χ2v) is 11.9. The van der Waals surface area contributed by atoms with Crippen LogP contribution in [0.4, 0.5) is 20.1 Å².